The van der Waals surface area contributed by atoms with E-state index in [1.54, 1.807) is 0 Å². The van der Waals surface area contributed by atoms with Gasteiger partial charge in [0.2, 0.25) is 0 Å². The Morgan fingerprint density at radius 3 is 2.64 bits per heavy atom. The summed E-state index contributed by atoms with van der Waals surface area (Å²) in [5.74, 6) is -0.250. The summed E-state index contributed by atoms with van der Waals surface area (Å²) in [7, 11) is 0. The fourth-order valence-electron chi connectivity index (χ4n) is 2.57. The van der Waals surface area contributed by atoms with Crippen LogP contribution in [0.3, 0.4) is 0 Å². The van der Waals surface area contributed by atoms with Crippen LogP contribution in [0.5, 0.6) is 5.88 Å². The van der Waals surface area contributed by atoms with E-state index in [0.717, 1.165) is 14.9 Å². The van der Waals surface area contributed by atoms with Gasteiger partial charge in [-0.25, -0.2) is 4.99 Å². The summed E-state index contributed by atoms with van der Waals surface area (Å²) in [6.45, 7) is 0. The minimum Gasteiger partial charge on any atom is -0.494 e. The van der Waals surface area contributed by atoms with Crippen molar-refractivity contribution in [2.45, 2.75) is 0 Å². The number of H-pyrrole nitrogens is 1. The molecule has 1 aliphatic heterocycles. The molecule has 0 atom stereocenters. The number of carbonyl (C=O) groups is 1. The number of aromatic amines is 1. The Hall–Kier alpha value is -2.18. The number of amides is 1. The Balaban J connectivity index is 2.03. The summed E-state index contributed by atoms with van der Waals surface area (Å²) in [4.78, 5) is 20.2. The quantitative estimate of drug-likeness (QED) is 0.725. The molecule has 22 heavy (non-hydrogen) atoms. The van der Waals surface area contributed by atoms with Crippen LogP contribution in [0.1, 0.15) is 5.56 Å². The number of aromatic hydroxyl groups is 1. The summed E-state index contributed by atoms with van der Waals surface area (Å²) >= 11 is 4.87. The maximum absolute atomic E-state index is 12.3. The van der Waals surface area contributed by atoms with Gasteiger partial charge in [0.1, 0.15) is 5.36 Å². The van der Waals surface area contributed by atoms with Gasteiger partial charge in [0.05, 0.1) is 16.5 Å². The highest BCUT2D eigenvalue weighted by Crippen LogP contribution is 2.28. The average Bonchev–Trinajstić information content (AvgIpc) is 3.16. The van der Waals surface area contributed by atoms with Crippen LogP contribution in [0, 0.1) is 0 Å². The Morgan fingerprint density at radius 1 is 1.18 bits per heavy atom. The number of fused-ring (bicyclic) bond motifs is 1. The van der Waals surface area contributed by atoms with E-state index >= 15 is 0 Å². The van der Waals surface area contributed by atoms with E-state index < -0.39 is 0 Å². The van der Waals surface area contributed by atoms with Crippen LogP contribution in [0.4, 0.5) is 0 Å². The molecule has 6 heteroatoms. The largest absolute Gasteiger partial charge is 0.494 e. The molecule has 4 nitrogen and oxygen atoms in total. The van der Waals surface area contributed by atoms with Crippen LogP contribution in [0.25, 0.3) is 16.0 Å². The molecule has 3 aromatic rings. The highest BCUT2D eigenvalue weighted by atomic mass is 79.9. The molecule has 108 valence electrons. The first-order chi connectivity index (χ1) is 10.6. The lowest BCUT2D eigenvalue weighted by Gasteiger charge is -2.00. The van der Waals surface area contributed by atoms with Crippen molar-refractivity contribution >= 4 is 38.7 Å². The molecule has 0 spiro atoms. The molecule has 0 saturated heterocycles. The molecule has 0 radical (unpaired) electrons. The van der Waals surface area contributed by atoms with Gasteiger partial charge in [-0.15, -0.1) is 11.3 Å². The standard InChI is InChI=1S/C16H9BrN2O2S/c17-9-5-3-8(4-6-9)11-13-14(19-15(11)20)12(16(21)18-13)10-2-1-7-22-10/h1-7,18,21H. The van der Waals surface area contributed by atoms with Crippen molar-refractivity contribution in [1.29, 1.82) is 0 Å². The number of aromatic nitrogens is 1. The number of hydrogen-bond donors (Lipinski definition) is 2. The van der Waals surface area contributed by atoms with Gasteiger partial charge >= 0.3 is 0 Å². The number of thiophene rings is 1. The van der Waals surface area contributed by atoms with E-state index in [4.69, 9.17) is 0 Å². The number of nitrogens with zero attached hydrogens (tertiary/aromatic N) is 1. The molecule has 1 aliphatic rings. The van der Waals surface area contributed by atoms with Crippen molar-refractivity contribution in [1.82, 2.24) is 4.98 Å². The van der Waals surface area contributed by atoms with E-state index in [2.05, 4.69) is 25.9 Å². The summed E-state index contributed by atoms with van der Waals surface area (Å²) in [6, 6.07) is 11.2. The van der Waals surface area contributed by atoms with Gasteiger partial charge in [-0.2, -0.15) is 0 Å². The van der Waals surface area contributed by atoms with E-state index in [0.29, 0.717) is 21.8 Å². The summed E-state index contributed by atoms with van der Waals surface area (Å²) < 4.78 is 0.938. The van der Waals surface area contributed by atoms with Crippen molar-refractivity contribution < 1.29 is 9.90 Å². The Labute approximate surface area is 137 Å². The fourth-order valence-corrected chi connectivity index (χ4v) is 3.61. The van der Waals surface area contributed by atoms with Crippen LogP contribution in [0.2, 0.25) is 0 Å². The van der Waals surface area contributed by atoms with E-state index in [1.165, 1.54) is 11.3 Å². The van der Waals surface area contributed by atoms with Gasteiger partial charge in [0.25, 0.3) is 5.91 Å². The topological polar surface area (TPSA) is 65.4 Å². The molecule has 0 fully saturated rings. The smallest absolute Gasteiger partial charge is 0.280 e. The molecule has 1 aromatic carbocycles. The Kier molecular flexibility index (Phi) is 3.02. The molecule has 3 heterocycles. The van der Waals surface area contributed by atoms with Crippen molar-refractivity contribution in [3.05, 3.63) is 62.5 Å². The van der Waals surface area contributed by atoms with Crippen LogP contribution < -0.4 is 10.7 Å². The average molecular weight is 373 g/mol. The first-order valence-electron chi connectivity index (χ1n) is 6.53. The second kappa shape index (κ2) is 4.93. The second-order valence-electron chi connectivity index (χ2n) is 4.85. The predicted octanol–water partition coefficient (Wildman–Crippen LogP) is 2.57. The van der Waals surface area contributed by atoms with Crippen molar-refractivity contribution in [2.24, 2.45) is 4.99 Å². The summed E-state index contributed by atoms with van der Waals surface area (Å²) in [5, 5.41) is 13.2. The Bertz CT molecular complexity index is 1000. The van der Waals surface area contributed by atoms with E-state index in [1.807, 2.05) is 41.8 Å². The number of rotatable bonds is 2. The first kappa shape index (κ1) is 13.5. The maximum atomic E-state index is 12.3. The lowest BCUT2D eigenvalue weighted by molar-refractivity contribution is -0.112. The van der Waals surface area contributed by atoms with Crippen molar-refractivity contribution in [2.75, 3.05) is 0 Å². The molecule has 0 unspecified atom stereocenters. The molecule has 4 rings (SSSR count). The van der Waals surface area contributed by atoms with Crippen LogP contribution in [0.15, 0.2) is 51.2 Å². The highest BCUT2D eigenvalue weighted by Gasteiger charge is 2.24. The minimum absolute atomic E-state index is 0.0401. The van der Waals surface area contributed by atoms with Crippen LogP contribution in [-0.4, -0.2) is 16.0 Å². The molecule has 1 amide bonds. The highest BCUT2D eigenvalue weighted by molar-refractivity contribution is 9.10. The van der Waals surface area contributed by atoms with Gasteiger partial charge in [0, 0.05) is 9.35 Å². The van der Waals surface area contributed by atoms with Gasteiger partial charge in [-0.05, 0) is 29.1 Å². The van der Waals surface area contributed by atoms with E-state index in [-0.39, 0.29) is 11.8 Å². The SMILES string of the molecule is O=C1N=c2c(-c3cccs3)c(O)[nH]c2=C1c1ccc(Br)cc1. The normalized spacial score (nSPS) is 13.3. The van der Waals surface area contributed by atoms with Crippen LogP contribution in [-0.2, 0) is 4.79 Å². The predicted molar refractivity (Wildman–Crippen MR) is 88.2 cm³/mol. The summed E-state index contributed by atoms with van der Waals surface area (Å²) in [5.41, 5.74) is 1.85. The fraction of sp³-hybridized carbons (Fsp3) is 0. The van der Waals surface area contributed by atoms with Gasteiger partial charge in [-0.1, -0.05) is 34.1 Å². The zero-order valence-electron chi connectivity index (χ0n) is 11.1. The number of carbonyl (C=O) groups excluding carboxylic acids is 1. The van der Waals surface area contributed by atoms with Crippen molar-refractivity contribution in [3.8, 4) is 16.3 Å². The summed E-state index contributed by atoms with van der Waals surface area (Å²) in [6.07, 6.45) is 0. The van der Waals surface area contributed by atoms with E-state index in [9.17, 15) is 9.90 Å². The molecule has 0 aliphatic carbocycles. The third kappa shape index (κ3) is 1.95. The first-order valence-corrected chi connectivity index (χ1v) is 8.20. The van der Waals surface area contributed by atoms with Crippen LogP contribution >= 0.6 is 27.3 Å². The minimum atomic E-state index is -0.290. The second-order valence-corrected chi connectivity index (χ2v) is 6.71. The van der Waals surface area contributed by atoms with Gasteiger partial charge in [0.15, 0.2) is 5.88 Å². The van der Waals surface area contributed by atoms with Gasteiger partial charge < -0.3 is 10.1 Å². The number of benzene rings is 1. The molecular weight excluding hydrogens is 364 g/mol. The van der Waals surface area contributed by atoms with Crippen molar-refractivity contribution in [3.63, 3.8) is 0 Å². The molecular formula is C16H9BrN2O2S. The molecule has 2 N–H and O–H groups in total. The molecule has 0 bridgehead atoms. The third-order valence-electron chi connectivity index (χ3n) is 3.53. The lowest BCUT2D eigenvalue weighted by Crippen LogP contribution is -2.22. The Morgan fingerprint density at radius 2 is 1.95 bits per heavy atom. The molecule has 2 aromatic heterocycles. The molecule has 0 saturated carbocycles. The number of halogens is 1. The number of nitrogens with one attached hydrogen (secondary N) is 1. The lowest BCUT2D eigenvalue weighted by atomic mass is 10.1. The monoisotopic (exact) mass is 372 g/mol. The van der Waals surface area contributed by atoms with Gasteiger partial charge in [-0.3, -0.25) is 4.79 Å². The number of hydrogen-bond acceptors (Lipinski definition) is 3. The maximum Gasteiger partial charge on any atom is 0.280 e. The zero-order valence-corrected chi connectivity index (χ0v) is 13.5. The third-order valence-corrected chi connectivity index (χ3v) is 4.95. The zero-order chi connectivity index (χ0) is 15.3.